The van der Waals surface area contributed by atoms with Gasteiger partial charge in [-0.1, -0.05) is 45.7 Å². The number of rotatable bonds is 4. The summed E-state index contributed by atoms with van der Waals surface area (Å²) in [6, 6.07) is 20.7. The average molecular weight is 430 g/mol. The molecule has 0 fully saturated rings. The van der Waals surface area contributed by atoms with E-state index in [1.54, 1.807) is 66.7 Å². The number of carbonyl (C=O) groups is 2. The van der Waals surface area contributed by atoms with Crippen molar-refractivity contribution in [2.24, 2.45) is 0 Å². The number of carbonyl (C=O) groups excluding carboxylic acids is 2. The molecule has 26 heavy (non-hydrogen) atoms. The lowest BCUT2D eigenvalue weighted by molar-refractivity contribution is 0.101. The fourth-order valence-corrected chi connectivity index (χ4v) is 2.93. The molecular formula is C20H14BrClN2O2. The Balaban J connectivity index is 1.73. The normalized spacial score (nSPS) is 10.2. The molecule has 0 saturated carbocycles. The minimum absolute atomic E-state index is 0.251. The van der Waals surface area contributed by atoms with Gasteiger partial charge in [0.15, 0.2) is 0 Å². The molecule has 0 saturated heterocycles. The Labute approximate surface area is 164 Å². The Morgan fingerprint density at radius 2 is 1.27 bits per heavy atom. The van der Waals surface area contributed by atoms with E-state index in [1.165, 1.54) is 0 Å². The molecule has 0 aromatic heterocycles. The molecule has 130 valence electrons. The molecule has 0 spiro atoms. The highest BCUT2D eigenvalue weighted by Gasteiger charge is 2.10. The first-order chi connectivity index (χ1) is 12.5. The van der Waals surface area contributed by atoms with Crippen LogP contribution in [0.25, 0.3) is 0 Å². The molecule has 0 aliphatic heterocycles. The maximum atomic E-state index is 12.4. The Morgan fingerprint density at radius 3 is 1.88 bits per heavy atom. The zero-order valence-corrected chi connectivity index (χ0v) is 15.8. The quantitative estimate of drug-likeness (QED) is 0.566. The minimum atomic E-state index is -0.286. The van der Waals surface area contributed by atoms with Crippen molar-refractivity contribution in [1.82, 2.24) is 0 Å². The van der Waals surface area contributed by atoms with E-state index in [-0.39, 0.29) is 11.8 Å². The fourth-order valence-electron chi connectivity index (χ4n) is 2.34. The zero-order valence-electron chi connectivity index (χ0n) is 13.5. The van der Waals surface area contributed by atoms with Crippen molar-refractivity contribution >= 4 is 50.7 Å². The maximum Gasteiger partial charge on any atom is 0.255 e. The third kappa shape index (κ3) is 4.71. The van der Waals surface area contributed by atoms with E-state index in [9.17, 15) is 9.59 Å². The van der Waals surface area contributed by atoms with Gasteiger partial charge in [-0.15, -0.1) is 0 Å². The minimum Gasteiger partial charge on any atom is -0.322 e. The van der Waals surface area contributed by atoms with Crippen molar-refractivity contribution in [3.8, 4) is 0 Å². The Morgan fingerprint density at radius 1 is 0.731 bits per heavy atom. The van der Waals surface area contributed by atoms with Crippen LogP contribution >= 0.6 is 27.5 Å². The van der Waals surface area contributed by atoms with Crippen molar-refractivity contribution in [2.75, 3.05) is 10.6 Å². The number of hydrogen-bond acceptors (Lipinski definition) is 2. The van der Waals surface area contributed by atoms with Crippen molar-refractivity contribution in [3.63, 3.8) is 0 Å². The molecule has 3 rings (SSSR count). The van der Waals surface area contributed by atoms with Crippen LogP contribution in [0.2, 0.25) is 5.02 Å². The predicted octanol–water partition coefficient (Wildman–Crippen LogP) is 5.61. The van der Waals surface area contributed by atoms with Gasteiger partial charge in [-0.25, -0.2) is 0 Å². The molecule has 0 unspecified atom stereocenters. The number of anilines is 2. The second-order valence-corrected chi connectivity index (χ2v) is 6.86. The molecule has 0 atom stereocenters. The van der Waals surface area contributed by atoms with Crippen LogP contribution in [-0.2, 0) is 0 Å². The molecule has 0 bridgehead atoms. The first-order valence-electron chi connectivity index (χ1n) is 7.75. The van der Waals surface area contributed by atoms with Crippen LogP contribution in [0.1, 0.15) is 20.7 Å². The second-order valence-electron chi connectivity index (χ2n) is 5.51. The molecule has 0 aliphatic rings. The first kappa shape index (κ1) is 18.2. The van der Waals surface area contributed by atoms with Crippen LogP contribution in [0.3, 0.4) is 0 Å². The molecule has 3 aromatic rings. The maximum absolute atomic E-state index is 12.4. The van der Waals surface area contributed by atoms with Gasteiger partial charge in [0.05, 0.1) is 0 Å². The molecule has 2 N–H and O–H groups in total. The number of halogens is 2. The van der Waals surface area contributed by atoms with E-state index in [1.807, 2.05) is 6.07 Å². The molecule has 4 nitrogen and oxygen atoms in total. The lowest BCUT2D eigenvalue weighted by Crippen LogP contribution is -2.14. The van der Waals surface area contributed by atoms with E-state index < -0.39 is 0 Å². The fraction of sp³-hybridized carbons (Fsp3) is 0. The lowest BCUT2D eigenvalue weighted by atomic mass is 10.1. The Bertz CT molecular complexity index is 975. The second kappa shape index (κ2) is 8.17. The van der Waals surface area contributed by atoms with Crippen molar-refractivity contribution in [1.29, 1.82) is 0 Å². The number of nitrogens with one attached hydrogen (secondary N) is 2. The molecule has 0 radical (unpaired) electrons. The van der Waals surface area contributed by atoms with E-state index >= 15 is 0 Å². The average Bonchev–Trinajstić information content (AvgIpc) is 2.62. The number of hydrogen-bond donors (Lipinski definition) is 2. The third-order valence-corrected chi connectivity index (χ3v) is 4.28. The lowest BCUT2D eigenvalue weighted by Gasteiger charge is -2.09. The van der Waals surface area contributed by atoms with Gasteiger partial charge in [0.2, 0.25) is 0 Å². The molecule has 0 heterocycles. The highest BCUT2D eigenvalue weighted by molar-refractivity contribution is 9.10. The molecule has 3 aromatic carbocycles. The van der Waals surface area contributed by atoms with Gasteiger partial charge in [0.1, 0.15) is 0 Å². The highest BCUT2D eigenvalue weighted by Crippen LogP contribution is 2.18. The van der Waals surface area contributed by atoms with Crippen molar-refractivity contribution in [2.45, 2.75) is 0 Å². The van der Waals surface area contributed by atoms with Crippen LogP contribution < -0.4 is 10.6 Å². The van der Waals surface area contributed by atoms with Gasteiger partial charge in [0, 0.05) is 32.0 Å². The topological polar surface area (TPSA) is 58.2 Å². The van der Waals surface area contributed by atoms with Crippen LogP contribution in [0.4, 0.5) is 11.4 Å². The highest BCUT2D eigenvalue weighted by atomic mass is 79.9. The molecule has 6 heteroatoms. The van der Waals surface area contributed by atoms with Crippen LogP contribution in [-0.4, -0.2) is 11.8 Å². The van der Waals surface area contributed by atoms with Crippen molar-refractivity contribution < 1.29 is 9.59 Å². The smallest absolute Gasteiger partial charge is 0.255 e. The first-order valence-corrected chi connectivity index (χ1v) is 8.92. The standard InChI is InChI=1S/C20H14BrClN2O2/c21-15-6-1-4-13(10-15)19(25)23-17-8-2-5-14(11-17)20(26)24-18-9-3-7-16(22)12-18/h1-12H,(H,23,25)(H,24,26). The molecule has 2 amide bonds. The van der Waals surface area contributed by atoms with Gasteiger partial charge in [-0.05, 0) is 54.6 Å². The predicted molar refractivity (Wildman–Crippen MR) is 108 cm³/mol. The van der Waals surface area contributed by atoms with Gasteiger partial charge in [-0.3, -0.25) is 9.59 Å². The SMILES string of the molecule is O=C(Nc1cccc(C(=O)Nc2cccc(Cl)c2)c1)c1cccc(Br)c1. The Hall–Kier alpha value is -2.63. The summed E-state index contributed by atoms with van der Waals surface area (Å²) >= 11 is 9.26. The summed E-state index contributed by atoms with van der Waals surface area (Å²) in [5.74, 6) is -0.537. The summed E-state index contributed by atoms with van der Waals surface area (Å²) in [4.78, 5) is 24.7. The number of amides is 2. The third-order valence-electron chi connectivity index (χ3n) is 3.55. The van der Waals surface area contributed by atoms with E-state index in [4.69, 9.17) is 11.6 Å². The Kier molecular flexibility index (Phi) is 5.71. The van der Waals surface area contributed by atoms with E-state index in [0.29, 0.717) is 27.5 Å². The monoisotopic (exact) mass is 428 g/mol. The summed E-state index contributed by atoms with van der Waals surface area (Å²) in [6.45, 7) is 0. The zero-order chi connectivity index (χ0) is 18.5. The van der Waals surface area contributed by atoms with Crippen molar-refractivity contribution in [3.05, 3.63) is 93.4 Å². The van der Waals surface area contributed by atoms with E-state index in [2.05, 4.69) is 26.6 Å². The summed E-state index contributed by atoms with van der Waals surface area (Å²) in [5.41, 5.74) is 2.09. The molecule has 0 aliphatic carbocycles. The van der Waals surface area contributed by atoms with Gasteiger partial charge in [-0.2, -0.15) is 0 Å². The summed E-state index contributed by atoms with van der Waals surface area (Å²) in [6.07, 6.45) is 0. The summed E-state index contributed by atoms with van der Waals surface area (Å²) in [5, 5.41) is 6.11. The van der Waals surface area contributed by atoms with Gasteiger partial charge < -0.3 is 10.6 Å². The van der Waals surface area contributed by atoms with Crippen LogP contribution in [0, 0.1) is 0 Å². The summed E-state index contributed by atoms with van der Waals surface area (Å²) < 4.78 is 0.819. The van der Waals surface area contributed by atoms with Gasteiger partial charge in [0.25, 0.3) is 11.8 Å². The number of benzene rings is 3. The van der Waals surface area contributed by atoms with Crippen LogP contribution in [0.5, 0.6) is 0 Å². The van der Waals surface area contributed by atoms with Gasteiger partial charge >= 0.3 is 0 Å². The molecular weight excluding hydrogens is 416 g/mol. The summed E-state index contributed by atoms with van der Waals surface area (Å²) in [7, 11) is 0. The van der Waals surface area contributed by atoms with E-state index in [0.717, 1.165) is 4.47 Å². The van der Waals surface area contributed by atoms with Crippen LogP contribution in [0.15, 0.2) is 77.3 Å². The largest absolute Gasteiger partial charge is 0.322 e.